The minimum atomic E-state index is -5.85. The molecule has 0 saturated carbocycles. The number of ether oxygens (including phenoxy) is 3. The summed E-state index contributed by atoms with van der Waals surface area (Å²) >= 11 is 0. The first-order valence-electron chi connectivity index (χ1n) is 26.9. The minimum Gasteiger partial charge on any atom is -0.382 e. The first-order valence-corrected chi connectivity index (χ1v) is 28.5. The molecule has 5 aliphatic heterocycles. The summed E-state index contributed by atoms with van der Waals surface area (Å²) in [5, 5.41) is 14.2. The predicted molar refractivity (Wildman–Crippen MR) is 283 cm³/mol. The first kappa shape index (κ1) is 59.7. The van der Waals surface area contributed by atoms with Crippen LogP contribution in [0.5, 0.6) is 0 Å². The van der Waals surface area contributed by atoms with Crippen molar-refractivity contribution in [2.75, 3.05) is 91.3 Å². The molecule has 436 valence electrons. The highest BCUT2D eigenvalue weighted by Crippen LogP contribution is 2.59. The Hall–Kier alpha value is -6.45. The van der Waals surface area contributed by atoms with E-state index < -0.39 is 78.4 Å². The zero-order valence-corrected chi connectivity index (χ0v) is 45.3. The second-order valence-electron chi connectivity index (χ2n) is 20.8. The molecule has 10 N–H and O–H groups in total. The van der Waals surface area contributed by atoms with Crippen LogP contribution >= 0.6 is 7.60 Å². The van der Waals surface area contributed by atoms with E-state index in [-0.39, 0.29) is 99.1 Å². The third-order valence-electron chi connectivity index (χ3n) is 15.3. The Balaban J connectivity index is 0.711. The number of piperidine rings is 2. The molecule has 0 bridgehead atoms. The zero-order chi connectivity index (χ0) is 57.3. The average molecular weight is 1140 g/mol. The van der Waals surface area contributed by atoms with Crippen molar-refractivity contribution < 1.29 is 75.7 Å². The van der Waals surface area contributed by atoms with E-state index in [0.29, 0.717) is 57.7 Å². The number of halogens is 2. The molecular weight excluding hydrogens is 1070 g/mol. The molecule has 25 nitrogen and oxygen atoms in total. The van der Waals surface area contributed by atoms with E-state index >= 15 is 0 Å². The molecule has 3 aromatic rings. The highest BCUT2D eigenvalue weighted by Gasteiger charge is 2.51. The number of aromatic nitrogens is 1. The quantitative estimate of drug-likeness (QED) is 0.0316. The molecule has 6 heterocycles. The molecule has 5 atom stereocenters. The van der Waals surface area contributed by atoms with Gasteiger partial charge in [-0.1, -0.05) is 12.1 Å². The number of nitrogens with zero attached hydrogens (tertiary/aromatic N) is 4. The summed E-state index contributed by atoms with van der Waals surface area (Å²) in [7, 11) is -4.08. The Morgan fingerprint density at radius 1 is 0.900 bits per heavy atom. The summed E-state index contributed by atoms with van der Waals surface area (Å²) in [4.78, 5) is 133. The van der Waals surface area contributed by atoms with Crippen LogP contribution in [0.4, 0.5) is 14.5 Å². The summed E-state index contributed by atoms with van der Waals surface area (Å²) < 4.78 is 57.4. The summed E-state index contributed by atoms with van der Waals surface area (Å²) in [6, 6.07) is 5.44. The van der Waals surface area contributed by atoms with Gasteiger partial charge in [0, 0.05) is 97.5 Å². The molecule has 0 radical (unpaired) electrons. The Morgan fingerprint density at radius 3 is 2.34 bits per heavy atom. The van der Waals surface area contributed by atoms with E-state index in [9.17, 15) is 61.5 Å². The molecule has 4 saturated heterocycles. The number of carbonyl (C=O) groups excluding carboxylic acids is 8. The fraction of sp³-hybridized carbons (Fsp3) is 0.577. The van der Waals surface area contributed by atoms with E-state index in [1.54, 1.807) is 18.0 Å². The Labute approximate surface area is 459 Å². The number of hydrogen-bond donors (Lipinski definition) is 9. The lowest BCUT2D eigenvalue weighted by atomic mass is 10.0. The van der Waals surface area contributed by atoms with E-state index in [1.807, 2.05) is 17.0 Å². The van der Waals surface area contributed by atoms with Crippen LogP contribution in [0.15, 0.2) is 42.5 Å². The minimum absolute atomic E-state index is 0.0549. The summed E-state index contributed by atoms with van der Waals surface area (Å²) in [5.41, 5.74) is 2.42. The number of primary amides is 1. The summed E-state index contributed by atoms with van der Waals surface area (Å²) in [6.45, 7) is 5.33. The lowest BCUT2D eigenvalue weighted by molar-refractivity contribution is -0.144. The molecule has 8 rings (SSSR count). The van der Waals surface area contributed by atoms with Gasteiger partial charge in [0.25, 0.3) is 11.8 Å². The Morgan fingerprint density at radius 2 is 1.62 bits per heavy atom. The van der Waals surface area contributed by atoms with Gasteiger partial charge in [-0.25, -0.2) is 0 Å². The van der Waals surface area contributed by atoms with Crippen molar-refractivity contribution in [2.24, 2.45) is 5.73 Å². The number of amides is 8. The van der Waals surface area contributed by atoms with E-state index in [1.165, 1.54) is 11.0 Å². The van der Waals surface area contributed by atoms with Crippen molar-refractivity contribution in [3.63, 3.8) is 0 Å². The number of carbonyl (C=O) groups is 8. The SMILES string of the molecule is CN1CC[C@H]2CC[C@@H](C(=O)NC(CCC(N)=O)C(=O)NCCOCCOCCOCCN3CCC(Nc4cccc5c4CN(C4CCC(=O)NC4=O)C5=O)CC3)N2C(=O)[C@@H](NC(=O)c2cc3cc(C(F)(F)P(=O)(O)O)ccc3[nH]2)C1. The van der Waals surface area contributed by atoms with E-state index in [0.717, 1.165) is 61.9 Å². The number of likely N-dealkylation sites (N-methyl/N-ethyl adjacent to an activating group) is 1. The smallest absolute Gasteiger partial charge is 0.382 e. The van der Waals surface area contributed by atoms with Gasteiger partial charge in [0.1, 0.15) is 29.9 Å². The summed E-state index contributed by atoms with van der Waals surface area (Å²) in [5.74, 6) is -4.21. The van der Waals surface area contributed by atoms with Crippen LogP contribution in [0.1, 0.15) is 89.8 Å². The Bertz CT molecular complexity index is 2850. The van der Waals surface area contributed by atoms with E-state index in [2.05, 4.69) is 36.5 Å². The van der Waals surface area contributed by atoms with Gasteiger partial charge in [-0.15, -0.1) is 0 Å². The number of aromatic amines is 1. The lowest BCUT2D eigenvalue weighted by Gasteiger charge is -2.37. The van der Waals surface area contributed by atoms with Crippen LogP contribution in [-0.4, -0.2) is 204 Å². The standard InChI is InChI=1S/C52H70F2N11O14P/c1-62-17-15-34-6-9-43(65(34)51(73)41(30-62)60-47(69)40-28-31-27-32(5-7-37(31)58-40)52(53,54)80(74,75)76)49(71)59-39(8-11-44(55)66)46(68)56-16-21-77-23-25-79-26-24-78-22-20-63-18-13-33(14-19-63)57-38-4-2-3-35-36(38)29-64(50(35)72)42-10-12-45(67)61-48(42)70/h2-5,7,27-28,33-34,39,41-43,57-58H,6,8-26,29-30H2,1H3,(H2,55,66)(H,56,68)(H,59,71)(H,60,69)(H,61,67,70)(H2,74,75,76)/t34-,39?,41+,42?,43+/m1/s1. The average Bonchev–Trinajstić information content (AvgIpc) is 4.20. The van der Waals surface area contributed by atoms with Gasteiger partial charge >= 0.3 is 13.3 Å². The number of fused-ring (bicyclic) bond motifs is 3. The van der Waals surface area contributed by atoms with Crippen LogP contribution in [0.25, 0.3) is 10.9 Å². The highest BCUT2D eigenvalue weighted by molar-refractivity contribution is 7.52. The second kappa shape index (κ2) is 26.4. The van der Waals surface area contributed by atoms with Crippen molar-refractivity contribution in [2.45, 2.75) is 106 Å². The van der Waals surface area contributed by atoms with Crippen LogP contribution in [0.2, 0.25) is 0 Å². The fourth-order valence-corrected chi connectivity index (χ4v) is 11.4. The molecule has 0 aliphatic carbocycles. The van der Waals surface area contributed by atoms with Gasteiger partial charge in [-0.05, 0) is 88.9 Å². The number of rotatable bonds is 25. The number of nitrogens with two attached hydrogens (primary N) is 1. The number of alkyl halides is 2. The third-order valence-corrected chi connectivity index (χ3v) is 16.3. The van der Waals surface area contributed by atoms with E-state index in [4.69, 9.17) is 19.9 Å². The topological polar surface area (TPSA) is 337 Å². The molecule has 80 heavy (non-hydrogen) atoms. The van der Waals surface area contributed by atoms with Crippen LogP contribution in [0.3, 0.4) is 0 Å². The fourth-order valence-electron chi connectivity index (χ4n) is 10.9. The number of nitrogens with one attached hydrogen (secondary N) is 6. The third kappa shape index (κ3) is 14.5. The monoisotopic (exact) mass is 1140 g/mol. The molecule has 8 amide bonds. The van der Waals surface area contributed by atoms with Crippen molar-refractivity contribution >= 4 is 71.4 Å². The molecular formula is C52H70F2N11O14P. The van der Waals surface area contributed by atoms with Crippen molar-refractivity contribution in [3.8, 4) is 0 Å². The number of hydrogen-bond acceptors (Lipinski definition) is 15. The number of benzene rings is 2. The molecule has 28 heteroatoms. The number of imide groups is 1. The molecule has 2 aromatic carbocycles. The molecule has 5 aliphatic rings. The van der Waals surface area contributed by atoms with Gasteiger partial charge in [0.15, 0.2) is 0 Å². The maximum atomic E-state index is 14.5. The largest absolute Gasteiger partial charge is 0.399 e. The zero-order valence-electron chi connectivity index (χ0n) is 44.4. The van der Waals surface area contributed by atoms with Crippen LogP contribution in [0, 0.1) is 0 Å². The highest BCUT2D eigenvalue weighted by atomic mass is 31.2. The van der Waals surface area contributed by atoms with Crippen LogP contribution < -0.4 is 32.3 Å². The number of likely N-dealkylation sites (tertiary alicyclic amines) is 1. The van der Waals surface area contributed by atoms with Gasteiger partial charge in [-0.2, -0.15) is 8.78 Å². The molecule has 1 aromatic heterocycles. The van der Waals surface area contributed by atoms with Gasteiger partial charge in [0.05, 0.1) is 39.6 Å². The number of anilines is 1. The predicted octanol–water partition coefficient (Wildman–Crippen LogP) is 0.442. The van der Waals surface area contributed by atoms with Crippen molar-refractivity contribution in [1.29, 1.82) is 0 Å². The maximum Gasteiger partial charge on any atom is 0.399 e. The van der Waals surface area contributed by atoms with Gasteiger partial charge in [-0.3, -0.25) is 48.2 Å². The molecule has 0 spiro atoms. The number of H-pyrrole nitrogens is 1. The van der Waals surface area contributed by atoms with Crippen LogP contribution in [-0.2, 0) is 59.8 Å². The second-order valence-corrected chi connectivity index (χ2v) is 22.5. The summed E-state index contributed by atoms with van der Waals surface area (Å²) in [6.07, 6.45) is 3.21. The first-order chi connectivity index (χ1) is 38.2. The van der Waals surface area contributed by atoms with Gasteiger partial charge < -0.3 is 75.6 Å². The van der Waals surface area contributed by atoms with Crippen molar-refractivity contribution in [3.05, 3.63) is 64.8 Å². The molecule has 4 fully saturated rings. The maximum absolute atomic E-state index is 14.5. The lowest BCUT2D eigenvalue weighted by Crippen LogP contribution is -2.61. The van der Waals surface area contributed by atoms with Gasteiger partial charge in [0.2, 0.25) is 35.4 Å². The normalized spacial score (nSPS) is 21.9. The Kier molecular flexibility index (Phi) is 19.7. The van der Waals surface area contributed by atoms with Crippen molar-refractivity contribution in [1.82, 2.24) is 45.9 Å². The molecule has 2 unspecified atom stereocenters.